The van der Waals surface area contributed by atoms with E-state index in [1.165, 1.54) is 18.2 Å². The van der Waals surface area contributed by atoms with Gasteiger partial charge in [-0.3, -0.25) is 9.59 Å². The summed E-state index contributed by atoms with van der Waals surface area (Å²) in [6.07, 6.45) is -2.07. The maximum absolute atomic E-state index is 12.9. The summed E-state index contributed by atoms with van der Waals surface area (Å²) < 4.78 is 31.4. The lowest BCUT2D eigenvalue weighted by atomic mass is 9.78. The molecule has 0 radical (unpaired) electrons. The number of anilines is 1. The minimum atomic E-state index is -2.59. The number of ether oxygens (including phenoxy) is 1. The Labute approximate surface area is 198 Å². The molecule has 2 aromatic carbocycles. The number of fused-ring (bicyclic) bond motifs is 1. The number of benzene rings is 2. The summed E-state index contributed by atoms with van der Waals surface area (Å²) in [6, 6.07) is 13.0. The van der Waals surface area contributed by atoms with Gasteiger partial charge in [0.15, 0.2) is 5.13 Å². The van der Waals surface area contributed by atoms with Crippen LogP contribution in [-0.4, -0.2) is 29.9 Å². The number of thiazole rings is 1. The van der Waals surface area contributed by atoms with Gasteiger partial charge in [0.25, 0.3) is 12.3 Å². The predicted octanol–water partition coefficient (Wildman–Crippen LogP) is 4.68. The van der Waals surface area contributed by atoms with Gasteiger partial charge in [-0.25, -0.2) is 13.8 Å². The zero-order valence-corrected chi connectivity index (χ0v) is 18.9. The van der Waals surface area contributed by atoms with Crippen LogP contribution in [0.4, 0.5) is 13.9 Å². The van der Waals surface area contributed by atoms with E-state index in [0.717, 1.165) is 11.3 Å². The fourth-order valence-electron chi connectivity index (χ4n) is 3.57. The minimum Gasteiger partial charge on any atom is -0.493 e. The van der Waals surface area contributed by atoms with Crippen LogP contribution in [-0.2, 0) is 10.2 Å². The van der Waals surface area contributed by atoms with Crippen LogP contribution in [0.5, 0.6) is 5.75 Å². The van der Waals surface area contributed by atoms with E-state index < -0.39 is 23.7 Å². The minimum absolute atomic E-state index is 0.109. The van der Waals surface area contributed by atoms with Crippen molar-refractivity contribution in [2.45, 2.75) is 25.2 Å². The van der Waals surface area contributed by atoms with Gasteiger partial charge in [-0.1, -0.05) is 18.2 Å². The van der Waals surface area contributed by atoms with Crippen LogP contribution >= 0.6 is 11.3 Å². The quantitative estimate of drug-likeness (QED) is 0.531. The highest BCUT2D eigenvalue weighted by atomic mass is 32.1. The number of carbonyl (C=O) groups excluding carboxylic acids is 2. The number of halogens is 2. The van der Waals surface area contributed by atoms with Gasteiger partial charge in [0, 0.05) is 34.1 Å². The lowest BCUT2D eigenvalue weighted by molar-refractivity contribution is -0.115. The van der Waals surface area contributed by atoms with E-state index >= 15 is 0 Å². The Bertz CT molecular complexity index is 1290. The van der Waals surface area contributed by atoms with Gasteiger partial charge in [0.05, 0.1) is 30.3 Å². The van der Waals surface area contributed by atoms with Gasteiger partial charge >= 0.3 is 0 Å². The lowest BCUT2D eigenvalue weighted by Crippen LogP contribution is -2.33. The first-order chi connectivity index (χ1) is 16.3. The molecule has 0 saturated carbocycles. The molecule has 1 aliphatic heterocycles. The molecule has 34 heavy (non-hydrogen) atoms. The van der Waals surface area contributed by atoms with E-state index in [9.17, 15) is 23.6 Å². The fourth-order valence-corrected chi connectivity index (χ4v) is 4.30. The van der Waals surface area contributed by atoms with Crippen molar-refractivity contribution in [3.8, 4) is 23.1 Å². The highest BCUT2D eigenvalue weighted by Gasteiger charge is 2.34. The summed E-state index contributed by atoms with van der Waals surface area (Å²) in [7, 11) is 0. The van der Waals surface area contributed by atoms with E-state index in [0.29, 0.717) is 41.2 Å². The molecular formula is C24H20F2N4O3S. The molecule has 3 aromatic rings. The average molecular weight is 483 g/mol. The number of nitrogens with zero attached hydrogens (tertiary/aromatic N) is 2. The molecule has 2 N–H and O–H groups in total. The second-order valence-corrected chi connectivity index (χ2v) is 8.81. The van der Waals surface area contributed by atoms with Crippen molar-refractivity contribution in [2.75, 3.05) is 18.5 Å². The number of nitriles is 1. The molecule has 1 aliphatic rings. The Hall–Kier alpha value is -3.84. The second-order valence-electron chi connectivity index (χ2n) is 7.95. The number of carbonyl (C=O) groups is 2. The summed E-state index contributed by atoms with van der Waals surface area (Å²) in [5.41, 5.74) is 1.08. The molecular weight excluding hydrogens is 462 g/mol. The third-order valence-electron chi connectivity index (χ3n) is 5.54. The molecule has 0 spiro atoms. The Morgan fingerprint density at radius 3 is 2.88 bits per heavy atom. The van der Waals surface area contributed by atoms with Crippen LogP contribution in [0.15, 0.2) is 47.8 Å². The molecule has 174 valence electrons. The summed E-state index contributed by atoms with van der Waals surface area (Å²) in [6.45, 7) is 1.94. The van der Waals surface area contributed by atoms with Gasteiger partial charge in [-0.15, -0.1) is 11.3 Å². The summed E-state index contributed by atoms with van der Waals surface area (Å²) >= 11 is 1.15. The highest BCUT2D eigenvalue weighted by molar-refractivity contribution is 7.14. The molecule has 4 rings (SSSR count). The molecule has 0 saturated heterocycles. The van der Waals surface area contributed by atoms with E-state index in [1.54, 1.807) is 36.6 Å². The molecule has 10 heteroatoms. The Morgan fingerprint density at radius 2 is 2.12 bits per heavy atom. The van der Waals surface area contributed by atoms with Gasteiger partial charge in [-0.05, 0) is 31.2 Å². The van der Waals surface area contributed by atoms with Crippen LogP contribution in [0.25, 0.3) is 11.3 Å². The monoisotopic (exact) mass is 482 g/mol. The van der Waals surface area contributed by atoms with Crippen molar-refractivity contribution < 1.29 is 23.1 Å². The molecule has 2 heterocycles. The molecule has 2 amide bonds. The van der Waals surface area contributed by atoms with Crippen LogP contribution in [0.2, 0.25) is 0 Å². The second kappa shape index (κ2) is 9.57. The molecule has 1 aromatic heterocycles. The highest BCUT2D eigenvalue weighted by Crippen LogP contribution is 2.38. The first-order valence-corrected chi connectivity index (χ1v) is 11.3. The normalized spacial score (nSPS) is 16.8. The van der Waals surface area contributed by atoms with Crippen molar-refractivity contribution in [2.24, 2.45) is 0 Å². The number of aromatic nitrogens is 1. The summed E-state index contributed by atoms with van der Waals surface area (Å²) in [5.74, 6) is -0.380. The summed E-state index contributed by atoms with van der Waals surface area (Å²) in [5, 5.41) is 16.6. The Morgan fingerprint density at radius 1 is 1.29 bits per heavy atom. The molecule has 0 unspecified atom stereocenters. The smallest absolute Gasteiger partial charge is 0.263 e. The molecule has 7 nitrogen and oxygen atoms in total. The zero-order valence-electron chi connectivity index (χ0n) is 18.1. The van der Waals surface area contributed by atoms with Crippen LogP contribution < -0.4 is 15.4 Å². The first kappa shape index (κ1) is 23.3. The fraction of sp³-hybridized carbons (Fsp3) is 0.250. The summed E-state index contributed by atoms with van der Waals surface area (Å²) in [4.78, 5) is 29.1. The van der Waals surface area contributed by atoms with Crippen LogP contribution in [0.3, 0.4) is 0 Å². The topological polar surface area (TPSA) is 104 Å². The maximum Gasteiger partial charge on any atom is 0.263 e. The predicted molar refractivity (Wildman–Crippen MR) is 123 cm³/mol. The number of rotatable bonds is 6. The van der Waals surface area contributed by atoms with Gasteiger partial charge in [-0.2, -0.15) is 5.26 Å². The number of hydrogen-bond acceptors (Lipinski definition) is 6. The molecule has 0 fully saturated rings. The Balaban J connectivity index is 1.37. The molecule has 1 atom stereocenters. The third-order valence-corrected chi connectivity index (χ3v) is 6.29. The van der Waals surface area contributed by atoms with Gasteiger partial charge in [0.2, 0.25) is 5.91 Å². The van der Waals surface area contributed by atoms with E-state index in [-0.39, 0.29) is 17.2 Å². The standard InChI is InChI=1S/C24H20F2N4O3S/c1-24(13-27)7-8-33-19-6-5-16(10-17(19)24)22(32)28-11-20(31)30-23-29-18(12-34-23)14-3-2-4-15(9-14)21(25)26/h2-6,9-10,12,21H,7-8,11H2,1H3,(H,28,32)(H,29,30,31)/t24-/m1/s1. The average Bonchev–Trinajstić information content (AvgIpc) is 3.31. The molecule has 0 bridgehead atoms. The van der Waals surface area contributed by atoms with Crippen molar-refractivity contribution in [1.82, 2.24) is 10.3 Å². The SMILES string of the molecule is C[C@]1(C#N)CCOc2ccc(C(=O)NCC(=O)Nc3nc(-c4cccc(C(F)F)c4)cs3)cc21. The lowest BCUT2D eigenvalue weighted by Gasteiger charge is -2.30. The number of nitrogens with one attached hydrogen (secondary N) is 2. The molecule has 0 aliphatic carbocycles. The van der Waals surface area contributed by atoms with E-state index in [1.807, 2.05) is 0 Å². The van der Waals surface area contributed by atoms with Crippen molar-refractivity contribution in [1.29, 1.82) is 5.26 Å². The van der Waals surface area contributed by atoms with Gasteiger partial charge < -0.3 is 15.4 Å². The zero-order chi connectivity index (χ0) is 24.3. The van der Waals surface area contributed by atoms with Crippen molar-refractivity contribution >= 4 is 28.3 Å². The van der Waals surface area contributed by atoms with Crippen molar-refractivity contribution in [3.05, 3.63) is 64.5 Å². The van der Waals surface area contributed by atoms with Gasteiger partial charge in [0.1, 0.15) is 5.75 Å². The Kier molecular flexibility index (Phi) is 6.56. The van der Waals surface area contributed by atoms with Crippen molar-refractivity contribution in [3.63, 3.8) is 0 Å². The largest absolute Gasteiger partial charge is 0.493 e. The van der Waals surface area contributed by atoms with Crippen LogP contribution in [0.1, 0.15) is 41.3 Å². The van der Waals surface area contributed by atoms with Crippen LogP contribution in [0, 0.1) is 11.3 Å². The maximum atomic E-state index is 12.9. The third kappa shape index (κ3) is 4.89. The first-order valence-electron chi connectivity index (χ1n) is 10.4. The number of hydrogen-bond donors (Lipinski definition) is 2. The van der Waals surface area contributed by atoms with E-state index in [2.05, 4.69) is 21.7 Å². The van der Waals surface area contributed by atoms with E-state index in [4.69, 9.17) is 4.74 Å². The number of amides is 2. The number of alkyl halides is 2.